The zero-order chi connectivity index (χ0) is 37.5. The van der Waals surface area contributed by atoms with Gasteiger partial charge in [0, 0.05) is 0 Å². The monoisotopic (exact) mass is 720 g/mol. The summed E-state index contributed by atoms with van der Waals surface area (Å²) in [4.78, 5) is 0. The Morgan fingerprint density at radius 2 is 0.544 bits per heavy atom. The van der Waals surface area contributed by atoms with E-state index in [1.807, 2.05) is 0 Å². The van der Waals surface area contributed by atoms with Crippen molar-refractivity contribution >= 4 is 21.5 Å². The third kappa shape index (κ3) is 4.56. The maximum atomic E-state index is 2.58. The summed E-state index contributed by atoms with van der Waals surface area (Å²) in [5, 5.41) is 5.07. The molecule has 10 aromatic carbocycles. The van der Waals surface area contributed by atoms with Crippen LogP contribution in [0, 0.1) is 0 Å². The van der Waals surface area contributed by atoms with E-state index in [-0.39, 0.29) is 0 Å². The Labute approximate surface area is 333 Å². The average molecular weight is 721 g/mol. The fraction of sp³-hybridized carbons (Fsp3) is 0.0175. The second-order valence-corrected chi connectivity index (χ2v) is 15.5. The quantitative estimate of drug-likeness (QED) is 0.159. The largest absolute Gasteiger partial charge is 0.0725 e. The van der Waals surface area contributed by atoms with Gasteiger partial charge >= 0.3 is 0 Å². The van der Waals surface area contributed by atoms with E-state index in [1.165, 1.54) is 111 Å². The van der Waals surface area contributed by atoms with E-state index in [1.54, 1.807) is 0 Å². The Balaban J connectivity index is 1.20. The summed E-state index contributed by atoms with van der Waals surface area (Å²) < 4.78 is 0. The number of hydrogen-bond acceptors (Lipinski definition) is 0. The van der Waals surface area contributed by atoms with Crippen molar-refractivity contribution in [3.05, 3.63) is 241 Å². The molecule has 0 heterocycles. The summed E-state index contributed by atoms with van der Waals surface area (Å²) in [6, 6.07) is 81.3. The Kier molecular flexibility index (Phi) is 6.94. The van der Waals surface area contributed by atoms with Crippen LogP contribution in [0.3, 0.4) is 0 Å². The van der Waals surface area contributed by atoms with E-state index in [4.69, 9.17) is 0 Å². The second kappa shape index (κ2) is 12.4. The first-order chi connectivity index (χ1) is 28.3. The Morgan fingerprint density at radius 1 is 0.211 bits per heavy atom. The minimum atomic E-state index is -0.426. The third-order valence-electron chi connectivity index (χ3n) is 12.7. The lowest BCUT2D eigenvalue weighted by atomic mass is 9.70. The highest BCUT2D eigenvalue weighted by molar-refractivity contribution is 6.23. The number of hydrogen-bond donors (Lipinski definition) is 0. The summed E-state index contributed by atoms with van der Waals surface area (Å²) in [5.74, 6) is 0. The van der Waals surface area contributed by atoms with Gasteiger partial charge in [0.1, 0.15) is 0 Å². The van der Waals surface area contributed by atoms with Crippen LogP contribution in [-0.2, 0) is 5.41 Å². The van der Waals surface area contributed by atoms with Gasteiger partial charge in [0.05, 0.1) is 5.41 Å². The van der Waals surface area contributed by atoms with Gasteiger partial charge in [-0.25, -0.2) is 0 Å². The number of rotatable bonds is 4. The van der Waals surface area contributed by atoms with Crippen LogP contribution in [0.25, 0.3) is 88.3 Å². The van der Waals surface area contributed by atoms with Crippen molar-refractivity contribution in [2.24, 2.45) is 0 Å². The molecule has 2 aliphatic rings. The molecule has 264 valence electrons. The molecule has 0 atom stereocenters. The third-order valence-corrected chi connectivity index (χ3v) is 12.7. The van der Waals surface area contributed by atoms with E-state index in [9.17, 15) is 0 Å². The van der Waals surface area contributed by atoms with Gasteiger partial charge in [-0.3, -0.25) is 0 Å². The predicted molar refractivity (Wildman–Crippen MR) is 239 cm³/mol. The molecule has 0 radical (unpaired) electrons. The highest BCUT2D eigenvalue weighted by Crippen LogP contribution is 2.64. The van der Waals surface area contributed by atoms with E-state index in [0.29, 0.717) is 0 Å². The summed E-state index contributed by atoms with van der Waals surface area (Å²) in [7, 11) is 0. The number of benzene rings is 10. The average Bonchev–Trinajstić information content (AvgIpc) is 3.75. The number of fused-ring (bicyclic) bond motifs is 12. The lowest BCUT2D eigenvalue weighted by Gasteiger charge is -2.31. The topological polar surface area (TPSA) is 0 Å². The van der Waals surface area contributed by atoms with Crippen molar-refractivity contribution in [1.82, 2.24) is 0 Å². The van der Waals surface area contributed by atoms with Crippen LogP contribution in [0.15, 0.2) is 218 Å². The summed E-state index contributed by atoms with van der Waals surface area (Å²) >= 11 is 0. The predicted octanol–water partition coefficient (Wildman–Crippen LogP) is 15.0. The molecule has 57 heavy (non-hydrogen) atoms. The highest BCUT2D eigenvalue weighted by Gasteiger charge is 2.51. The van der Waals surface area contributed by atoms with Crippen LogP contribution >= 0.6 is 0 Å². The van der Waals surface area contributed by atoms with Crippen molar-refractivity contribution in [3.8, 4) is 66.8 Å². The molecule has 0 amide bonds. The van der Waals surface area contributed by atoms with Crippen molar-refractivity contribution in [3.63, 3.8) is 0 Å². The standard InChI is InChI=1S/C57H36/c1-3-15-37(16-4-1)39-27-31-41(32-28-39)55-46-22-7-8-23-47(46)56(42-33-29-40(30-34-42)38-17-5-2-6-18-38)50-36-54-48(35-49(50)55)45-21-11-14-26-53(45)57(54)51-24-12-9-19-43(51)44-20-10-13-25-52(44)57/h1-36H. The Hall–Kier alpha value is -7.28. The Morgan fingerprint density at radius 3 is 1.00 bits per heavy atom. The molecule has 0 bridgehead atoms. The van der Waals surface area contributed by atoms with Crippen LogP contribution in [0.2, 0.25) is 0 Å². The van der Waals surface area contributed by atoms with Crippen LogP contribution in [0.1, 0.15) is 22.3 Å². The lowest BCUT2D eigenvalue weighted by molar-refractivity contribution is 0.795. The van der Waals surface area contributed by atoms with Crippen LogP contribution in [0.5, 0.6) is 0 Å². The molecule has 0 nitrogen and oxygen atoms in total. The normalized spacial score (nSPS) is 13.1. The zero-order valence-corrected chi connectivity index (χ0v) is 31.3. The van der Waals surface area contributed by atoms with Gasteiger partial charge in [-0.1, -0.05) is 206 Å². The molecule has 10 aromatic rings. The van der Waals surface area contributed by atoms with E-state index < -0.39 is 5.41 Å². The summed E-state index contributed by atoms with van der Waals surface area (Å²) in [6.45, 7) is 0. The minimum Gasteiger partial charge on any atom is -0.0622 e. The summed E-state index contributed by atoms with van der Waals surface area (Å²) in [6.07, 6.45) is 0. The second-order valence-electron chi connectivity index (χ2n) is 15.5. The van der Waals surface area contributed by atoms with Crippen LogP contribution < -0.4 is 0 Å². The lowest BCUT2D eigenvalue weighted by Crippen LogP contribution is -2.25. The summed E-state index contributed by atoms with van der Waals surface area (Å²) in [5.41, 5.74) is 20.2. The molecule has 2 aliphatic carbocycles. The molecular weight excluding hydrogens is 685 g/mol. The first-order valence-electron chi connectivity index (χ1n) is 19.9. The van der Waals surface area contributed by atoms with Gasteiger partial charge in [0.25, 0.3) is 0 Å². The molecule has 0 heteroatoms. The van der Waals surface area contributed by atoms with Gasteiger partial charge in [-0.05, 0) is 123 Å². The molecule has 0 fully saturated rings. The van der Waals surface area contributed by atoms with Crippen molar-refractivity contribution in [2.45, 2.75) is 5.41 Å². The molecule has 0 aliphatic heterocycles. The van der Waals surface area contributed by atoms with E-state index in [0.717, 1.165) is 0 Å². The Bertz CT molecular complexity index is 3140. The van der Waals surface area contributed by atoms with E-state index >= 15 is 0 Å². The molecule has 0 saturated heterocycles. The maximum absolute atomic E-state index is 2.58. The van der Waals surface area contributed by atoms with Gasteiger partial charge in [-0.2, -0.15) is 0 Å². The molecule has 0 unspecified atom stereocenters. The fourth-order valence-corrected chi connectivity index (χ4v) is 10.3. The van der Waals surface area contributed by atoms with Crippen molar-refractivity contribution in [2.75, 3.05) is 0 Å². The van der Waals surface area contributed by atoms with Gasteiger partial charge in [0.2, 0.25) is 0 Å². The van der Waals surface area contributed by atoms with Gasteiger partial charge in [0.15, 0.2) is 0 Å². The first-order valence-corrected chi connectivity index (χ1v) is 19.9. The smallest absolute Gasteiger partial charge is 0.0622 e. The van der Waals surface area contributed by atoms with Crippen LogP contribution in [0.4, 0.5) is 0 Å². The molecule has 0 N–H and O–H groups in total. The molecular formula is C57H36. The van der Waals surface area contributed by atoms with E-state index in [2.05, 4.69) is 218 Å². The zero-order valence-electron chi connectivity index (χ0n) is 31.3. The first kappa shape index (κ1) is 32.0. The maximum Gasteiger partial charge on any atom is 0.0725 e. The molecule has 0 aromatic heterocycles. The SMILES string of the molecule is c1ccc(-c2ccc(-c3c4ccccc4c(-c4ccc(-c5ccccc5)cc4)c4cc5c(cc34)-c3ccccc3C53c4ccccc4-c4ccccc43)cc2)cc1. The van der Waals surface area contributed by atoms with Gasteiger partial charge in [-0.15, -0.1) is 0 Å². The molecule has 12 rings (SSSR count). The van der Waals surface area contributed by atoms with Crippen LogP contribution in [-0.4, -0.2) is 0 Å². The van der Waals surface area contributed by atoms with Crippen molar-refractivity contribution < 1.29 is 0 Å². The molecule has 0 saturated carbocycles. The highest BCUT2D eigenvalue weighted by atomic mass is 14.5. The minimum absolute atomic E-state index is 0.426. The molecule has 1 spiro atoms. The van der Waals surface area contributed by atoms with Gasteiger partial charge < -0.3 is 0 Å². The fourth-order valence-electron chi connectivity index (χ4n) is 10.3. The van der Waals surface area contributed by atoms with Crippen molar-refractivity contribution in [1.29, 1.82) is 0 Å².